The van der Waals surface area contributed by atoms with E-state index in [0.29, 0.717) is 17.8 Å². The third kappa shape index (κ3) is 3.84. The summed E-state index contributed by atoms with van der Waals surface area (Å²) in [4.78, 5) is 10.9. The van der Waals surface area contributed by atoms with E-state index in [2.05, 4.69) is 38.1 Å². The van der Waals surface area contributed by atoms with Gasteiger partial charge in [-0.3, -0.25) is 4.79 Å². The molecule has 1 aromatic carbocycles. The molecule has 1 fully saturated rings. The van der Waals surface area contributed by atoms with Gasteiger partial charge in [0.2, 0.25) is 0 Å². The maximum Gasteiger partial charge on any atom is 0.306 e. The number of benzene rings is 1. The first-order chi connectivity index (χ1) is 9.37. The van der Waals surface area contributed by atoms with E-state index in [4.69, 9.17) is 5.11 Å². The molecule has 1 saturated carbocycles. The molecule has 110 valence electrons. The standard InChI is InChI=1S/C18H26O2/c1-13(17(19)20)12-14-4-6-15(7-5-14)16-8-10-18(2,3)11-9-16/h4-7,13,16H,8-12H2,1-3H3,(H,19,20). The number of hydrogen-bond acceptors (Lipinski definition) is 1. The van der Waals surface area contributed by atoms with E-state index in [1.807, 2.05) is 0 Å². The molecular weight excluding hydrogens is 248 g/mol. The Balaban J connectivity index is 1.97. The molecule has 1 aromatic rings. The molecule has 1 unspecified atom stereocenters. The number of aliphatic carboxylic acids is 1. The van der Waals surface area contributed by atoms with Crippen molar-refractivity contribution in [2.45, 2.75) is 58.8 Å². The molecular formula is C18H26O2. The first kappa shape index (κ1) is 15.1. The van der Waals surface area contributed by atoms with Crippen LogP contribution < -0.4 is 0 Å². The summed E-state index contributed by atoms with van der Waals surface area (Å²) in [5, 5.41) is 8.95. The molecule has 0 spiro atoms. The molecule has 1 aliphatic carbocycles. The minimum absolute atomic E-state index is 0.309. The molecule has 2 nitrogen and oxygen atoms in total. The molecule has 1 N–H and O–H groups in total. The highest BCUT2D eigenvalue weighted by molar-refractivity contribution is 5.69. The Morgan fingerprint density at radius 3 is 2.30 bits per heavy atom. The van der Waals surface area contributed by atoms with Crippen LogP contribution in [0.3, 0.4) is 0 Å². The molecule has 0 aromatic heterocycles. The van der Waals surface area contributed by atoms with Gasteiger partial charge in [-0.05, 0) is 54.6 Å². The van der Waals surface area contributed by atoms with Crippen LogP contribution in [0.5, 0.6) is 0 Å². The van der Waals surface area contributed by atoms with Crippen LogP contribution in [0, 0.1) is 11.3 Å². The topological polar surface area (TPSA) is 37.3 Å². The third-order valence-electron chi connectivity index (χ3n) is 4.75. The van der Waals surface area contributed by atoms with E-state index < -0.39 is 5.97 Å². The average molecular weight is 274 g/mol. The third-order valence-corrected chi connectivity index (χ3v) is 4.75. The Hall–Kier alpha value is -1.31. The molecule has 1 aliphatic rings. The molecule has 0 amide bonds. The smallest absolute Gasteiger partial charge is 0.306 e. The zero-order valence-electron chi connectivity index (χ0n) is 12.9. The fourth-order valence-corrected chi connectivity index (χ4v) is 3.10. The van der Waals surface area contributed by atoms with Gasteiger partial charge in [-0.25, -0.2) is 0 Å². The van der Waals surface area contributed by atoms with E-state index in [1.54, 1.807) is 6.92 Å². The van der Waals surface area contributed by atoms with Crippen molar-refractivity contribution in [3.05, 3.63) is 35.4 Å². The number of rotatable bonds is 4. The highest BCUT2D eigenvalue weighted by atomic mass is 16.4. The second-order valence-electron chi connectivity index (χ2n) is 7.12. The zero-order valence-corrected chi connectivity index (χ0v) is 12.9. The molecule has 2 heteroatoms. The SMILES string of the molecule is CC(Cc1ccc(C2CCC(C)(C)CC2)cc1)C(=O)O. The molecule has 1 atom stereocenters. The monoisotopic (exact) mass is 274 g/mol. The number of carboxylic acids is 1. The van der Waals surface area contributed by atoms with Crippen LogP contribution in [-0.2, 0) is 11.2 Å². The Morgan fingerprint density at radius 1 is 1.25 bits per heavy atom. The van der Waals surface area contributed by atoms with E-state index in [9.17, 15) is 4.79 Å². The van der Waals surface area contributed by atoms with Gasteiger partial charge in [-0.1, -0.05) is 45.0 Å². The molecule has 0 radical (unpaired) electrons. The molecule has 0 bridgehead atoms. The van der Waals surface area contributed by atoms with Gasteiger partial charge < -0.3 is 5.11 Å². The second-order valence-corrected chi connectivity index (χ2v) is 7.12. The summed E-state index contributed by atoms with van der Waals surface area (Å²) >= 11 is 0. The zero-order chi connectivity index (χ0) is 14.8. The summed E-state index contributed by atoms with van der Waals surface area (Å²) in [7, 11) is 0. The molecule has 0 saturated heterocycles. The lowest BCUT2D eigenvalue weighted by Gasteiger charge is -2.34. The van der Waals surface area contributed by atoms with Crippen LogP contribution in [0.4, 0.5) is 0 Å². The van der Waals surface area contributed by atoms with Gasteiger partial charge in [0, 0.05) is 0 Å². The normalized spacial score (nSPS) is 20.6. The van der Waals surface area contributed by atoms with Crippen LogP contribution in [0.2, 0.25) is 0 Å². The van der Waals surface area contributed by atoms with Crippen LogP contribution in [0.1, 0.15) is 63.5 Å². The average Bonchev–Trinajstić information content (AvgIpc) is 2.39. The minimum Gasteiger partial charge on any atom is -0.481 e. The van der Waals surface area contributed by atoms with Crippen molar-refractivity contribution in [2.24, 2.45) is 11.3 Å². The van der Waals surface area contributed by atoms with Gasteiger partial charge in [0.05, 0.1) is 5.92 Å². The number of carbonyl (C=O) groups is 1. The van der Waals surface area contributed by atoms with Crippen LogP contribution in [0.25, 0.3) is 0 Å². The number of hydrogen-bond donors (Lipinski definition) is 1. The van der Waals surface area contributed by atoms with Gasteiger partial charge in [0.25, 0.3) is 0 Å². The lowest BCUT2D eigenvalue weighted by atomic mass is 9.71. The lowest BCUT2D eigenvalue weighted by molar-refractivity contribution is -0.141. The Kier molecular flexibility index (Phi) is 4.52. The Morgan fingerprint density at radius 2 is 1.80 bits per heavy atom. The van der Waals surface area contributed by atoms with E-state index in [-0.39, 0.29) is 5.92 Å². The fraction of sp³-hybridized carbons (Fsp3) is 0.611. The van der Waals surface area contributed by atoms with Gasteiger partial charge in [-0.2, -0.15) is 0 Å². The molecule has 0 heterocycles. The fourth-order valence-electron chi connectivity index (χ4n) is 3.10. The predicted molar refractivity (Wildman–Crippen MR) is 81.9 cm³/mol. The van der Waals surface area contributed by atoms with E-state index in [1.165, 1.54) is 31.2 Å². The largest absolute Gasteiger partial charge is 0.481 e. The first-order valence-electron chi connectivity index (χ1n) is 7.69. The van der Waals surface area contributed by atoms with Gasteiger partial charge in [0.15, 0.2) is 0 Å². The summed E-state index contributed by atoms with van der Waals surface area (Å²) in [5.41, 5.74) is 3.06. The van der Waals surface area contributed by atoms with Crippen LogP contribution >= 0.6 is 0 Å². The maximum atomic E-state index is 10.9. The Labute approximate surface area is 122 Å². The molecule has 2 rings (SSSR count). The van der Waals surface area contributed by atoms with Crippen molar-refractivity contribution < 1.29 is 9.90 Å². The van der Waals surface area contributed by atoms with Crippen molar-refractivity contribution in [1.82, 2.24) is 0 Å². The minimum atomic E-state index is -0.719. The van der Waals surface area contributed by atoms with Gasteiger partial charge >= 0.3 is 5.97 Å². The number of carboxylic acid groups (broad SMARTS) is 1. The maximum absolute atomic E-state index is 10.9. The van der Waals surface area contributed by atoms with Crippen molar-refractivity contribution in [3.8, 4) is 0 Å². The van der Waals surface area contributed by atoms with Crippen LogP contribution in [0.15, 0.2) is 24.3 Å². The second kappa shape index (κ2) is 5.99. The quantitative estimate of drug-likeness (QED) is 0.869. The van der Waals surface area contributed by atoms with Crippen molar-refractivity contribution in [1.29, 1.82) is 0 Å². The van der Waals surface area contributed by atoms with Crippen molar-refractivity contribution in [3.63, 3.8) is 0 Å². The molecule has 0 aliphatic heterocycles. The van der Waals surface area contributed by atoms with E-state index in [0.717, 1.165) is 5.56 Å². The summed E-state index contributed by atoms with van der Waals surface area (Å²) in [6.45, 7) is 6.48. The first-order valence-corrected chi connectivity index (χ1v) is 7.69. The lowest BCUT2D eigenvalue weighted by Crippen LogP contribution is -2.20. The van der Waals surface area contributed by atoms with Gasteiger partial charge in [-0.15, -0.1) is 0 Å². The van der Waals surface area contributed by atoms with Crippen molar-refractivity contribution in [2.75, 3.05) is 0 Å². The summed E-state index contributed by atoms with van der Waals surface area (Å²) in [5.74, 6) is -0.339. The van der Waals surface area contributed by atoms with Gasteiger partial charge in [0.1, 0.15) is 0 Å². The highest BCUT2D eigenvalue weighted by Gasteiger charge is 2.27. The summed E-state index contributed by atoms with van der Waals surface area (Å²) < 4.78 is 0. The van der Waals surface area contributed by atoms with Crippen molar-refractivity contribution >= 4 is 5.97 Å². The summed E-state index contributed by atoms with van der Waals surface area (Å²) in [6, 6.07) is 8.61. The summed E-state index contributed by atoms with van der Waals surface area (Å²) in [6.07, 6.45) is 5.77. The van der Waals surface area contributed by atoms with Crippen LogP contribution in [-0.4, -0.2) is 11.1 Å². The predicted octanol–water partition coefficient (Wildman–Crippen LogP) is 4.63. The Bertz CT molecular complexity index is 449. The highest BCUT2D eigenvalue weighted by Crippen LogP contribution is 2.42. The molecule has 20 heavy (non-hydrogen) atoms. The van der Waals surface area contributed by atoms with E-state index >= 15 is 0 Å².